The normalized spacial score (nSPS) is 12.2. The zero-order chi connectivity index (χ0) is 19.0. The highest BCUT2D eigenvalue weighted by atomic mass is 31.2. The van der Waals surface area contributed by atoms with Crippen LogP contribution in [-0.2, 0) is 23.6 Å². The lowest BCUT2D eigenvalue weighted by Gasteiger charge is -2.27. The van der Waals surface area contributed by atoms with Gasteiger partial charge in [0.05, 0.1) is 13.7 Å². The van der Waals surface area contributed by atoms with Crippen LogP contribution in [0.1, 0.15) is 19.8 Å². The molecule has 0 heterocycles. The van der Waals surface area contributed by atoms with Crippen molar-refractivity contribution in [2.45, 2.75) is 25.4 Å². The van der Waals surface area contributed by atoms with Crippen LogP contribution in [-0.4, -0.2) is 31.3 Å². The lowest BCUT2D eigenvalue weighted by Crippen LogP contribution is -2.33. The number of hydrogen-bond donors (Lipinski definition) is 0. The Bertz CT molecular complexity index is 730. The van der Waals surface area contributed by atoms with Crippen LogP contribution in [0.5, 0.6) is 0 Å². The van der Waals surface area contributed by atoms with Gasteiger partial charge in [-0.25, -0.2) is 0 Å². The molecule has 0 amide bonds. The van der Waals surface area contributed by atoms with Crippen LogP contribution >= 0.6 is 7.14 Å². The molecule has 138 valence electrons. The van der Waals surface area contributed by atoms with Crippen LogP contribution in [0, 0.1) is 0 Å². The molecule has 0 spiro atoms. The van der Waals surface area contributed by atoms with E-state index in [1.54, 1.807) is 55.5 Å². The monoisotopic (exact) mass is 374 g/mol. The van der Waals surface area contributed by atoms with Gasteiger partial charge in [0.15, 0.2) is 7.14 Å². The third-order valence-corrected chi connectivity index (χ3v) is 7.60. The smallest absolute Gasteiger partial charge is 0.317 e. The highest BCUT2D eigenvalue weighted by Crippen LogP contribution is 2.50. The van der Waals surface area contributed by atoms with E-state index in [0.717, 1.165) is 0 Å². The summed E-state index contributed by atoms with van der Waals surface area (Å²) in [4.78, 5) is 24.3. The summed E-state index contributed by atoms with van der Waals surface area (Å²) in [5.74, 6) is -1.01. The van der Waals surface area contributed by atoms with Crippen molar-refractivity contribution in [1.29, 1.82) is 0 Å². The Morgan fingerprint density at radius 3 is 1.88 bits per heavy atom. The van der Waals surface area contributed by atoms with Gasteiger partial charge in [0.1, 0.15) is 5.66 Å². The molecule has 0 aliphatic carbocycles. The fraction of sp³-hybridized carbons (Fsp3) is 0.300. The van der Waals surface area contributed by atoms with Crippen molar-refractivity contribution in [1.82, 2.24) is 0 Å². The molecule has 2 aromatic rings. The Kier molecular flexibility index (Phi) is 7.16. The minimum atomic E-state index is -3.37. The third kappa shape index (κ3) is 4.41. The zero-order valence-corrected chi connectivity index (χ0v) is 15.9. The van der Waals surface area contributed by atoms with Gasteiger partial charge in [0, 0.05) is 17.0 Å². The molecule has 0 saturated carbocycles. The topological polar surface area (TPSA) is 69.7 Å². The van der Waals surface area contributed by atoms with Gasteiger partial charge in [-0.05, 0) is 13.3 Å². The van der Waals surface area contributed by atoms with Gasteiger partial charge in [-0.1, -0.05) is 60.7 Å². The van der Waals surface area contributed by atoms with E-state index >= 15 is 0 Å². The first-order chi connectivity index (χ1) is 12.5. The molecule has 5 nitrogen and oxygen atoms in total. The van der Waals surface area contributed by atoms with Gasteiger partial charge in [-0.3, -0.25) is 9.59 Å². The second-order valence-electron chi connectivity index (χ2n) is 5.71. The maximum Gasteiger partial charge on any atom is 0.317 e. The Labute approximate surface area is 153 Å². The summed E-state index contributed by atoms with van der Waals surface area (Å²) in [5.41, 5.74) is -0.952. The van der Waals surface area contributed by atoms with Crippen molar-refractivity contribution in [2.24, 2.45) is 0 Å². The standard InChI is InChI=1S/C20H23O5P/c1-3-25-20(22)18(14-15-19(21)24-2)26(23,16-10-6-4-7-11-16)17-12-8-5-9-13-17/h4-13,18H,3,14-15H2,1-2H3. The molecule has 0 N–H and O–H groups in total. The minimum Gasteiger partial charge on any atom is -0.469 e. The van der Waals surface area contributed by atoms with Crippen LogP contribution in [0.2, 0.25) is 0 Å². The average Bonchev–Trinajstić information content (AvgIpc) is 2.69. The molecule has 0 bridgehead atoms. The number of hydrogen-bond acceptors (Lipinski definition) is 5. The third-order valence-electron chi connectivity index (χ3n) is 4.13. The summed E-state index contributed by atoms with van der Waals surface area (Å²) in [6.07, 6.45) is 0.0796. The van der Waals surface area contributed by atoms with Gasteiger partial charge in [0.25, 0.3) is 0 Å². The number of carbonyl (C=O) groups excluding carboxylic acids is 2. The van der Waals surface area contributed by atoms with Crippen LogP contribution in [0.15, 0.2) is 60.7 Å². The Morgan fingerprint density at radius 2 is 1.46 bits per heavy atom. The van der Waals surface area contributed by atoms with Gasteiger partial charge in [-0.15, -0.1) is 0 Å². The molecule has 6 heteroatoms. The first-order valence-corrected chi connectivity index (χ1v) is 10.3. The number of methoxy groups -OCH3 is 1. The summed E-state index contributed by atoms with van der Waals surface area (Å²) in [5, 5.41) is 1.13. The molecule has 26 heavy (non-hydrogen) atoms. The van der Waals surface area contributed by atoms with E-state index < -0.39 is 24.7 Å². The molecule has 0 fully saturated rings. The van der Waals surface area contributed by atoms with E-state index in [1.165, 1.54) is 7.11 Å². The fourth-order valence-electron chi connectivity index (χ4n) is 2.85. The van der Waals surface area contributed by atoms with Crippen molar-refractivity contribution in [2.75, 3.05) is 13.7 Å². The number of benzene rings is 2. The van der Waals surface area contributed by atoms with Crippen molar-refractivity contribution in [3.63, 3.8) is 0 Å². The van der Waals surface area contributed by atoms with Crippen molar-refractivity contribution >= 4 is 29.7 Å². The van der Waals surface area contributed by atoms with Crippen molar-refractivity contribution < 1.29 is 23.6 Å². The molecule has 1 unspecified atom stereocenters. The molecule has 0 aliphatic heterocycles. The number of rotatable bonds is 8. The highest BCUT2D eigenvalue weighted by Gasteiger charge is 2.42. The Balaban J connectivity index is 2.56. The van der Waals surface area contributed by atoms with Gasteiger partial charge in [-0.2, -0.15) is 0 Å². The molecule has 1 atom stereocenters. The largest absolute Gasteiger partial charge is 0.469 e. The predicted octanol–water partition coefficient (Wildman–Crippen LogP) is 2.89. The summed E-state index contributed by atoms with van der Waals surface area (Å²) in [7, 11) is -2.08. The van der Waals surface area contributed by atoms with Crippen molar-refractivity contribution in [3.05, 3.63) is 60.7 Å². The maximum absolute atomic E-state index is 14.3. The second kappa shape index (κ2) is 9.35. The number of carbonyl (C=O) groups is 2. The Morgan fingerprint density at radius 1 is 0.962 bits per heavy atom. The number of esters is 2. The summed E-state index contributed by atoms with van der Waals surface area (Å²) < 4.78 is 24.2. The van der Waals surface area contributed by atoms with E-state index in [-0.39, 0.29) is 19.4 Å². The van der Waals surface area contributed by atoms with E-state index in [1.807, 2.05) is 12.1 Å². The molecular weight excluding hydrogens is 351 g/mol. The highest BCUT2D eigenvalue weighted by molar-refractivity contribution is 7.80. The predicted molar refractivity (Wildman–Crippen MR) is 101 cm³/mol. The molecule has 0 aromatic heterocycles. The minimum absolute atomic E-state index is 0.0103. The Hall–Kier alpha value is -2.39. The second-order valence-corrected chi connectivity index (χ2v) is 8.68. The summed E-state index contributed by atoms with van der Waals surface area (Å²) in [6, 6.07) is 17.8. The fourth-order valence-corrected chi connectivity index (χ4v) is 5.96. The van der Waals surface area contributed by atoms with E-state index in [2.05, 4.69) is 4.74 Å². The lowest BCUT2D eigenvalue weighted by molar-refractivity contribution is -0.143. The van der Waals surface area contributed by atoms with E-state index in [4.69, 9.17) is 4.74 Å². The average molecular weight is 374 g/mol. The summed E-state index contributed by atoms with van der Waals surface area (Å²) in [6.45, 7) is 1.88. The lowest BCUT2D eigenvalue weighted by atomic mass is 10.2. The van der Waals surface area contributed by atoms with Crippen molar-refractivity contribution in [3.8, 4) is 0 Å². The zero-order valence-electron chi connectivity index (χ0n) is 15.0. The molecule has 0 saturated heterocycles. The molecule has 0 aliphatic rings. The quantitative estimate of drug-likeness (QED) is 0.525. The van der Waals surface area contributed by atoms with Crippen LogP contribution < -0.4 is 10.6 Å². The van der Waals surface area contributed by atoms with E-state index in [9.17, 15) is 14.2 Å². The van der Waals surface area contributed by atoms with Crippen LogP contribution in [0.4, 0.5) is 0 Å². The van der Waals surface area contributed by atoms with Gasteiger partial charge < -0.3 is 14.0 Å². The molecule has 2 rings (SSSR count). The van der Waals surface area contributed by atoms with Gasteiger partial charge >= 0.3 is 11.9 Å². The van der Waals surface area contributed by atoms with Crippen LogP contribution in [0.3, 0.4) is 0 Å². The first kappa shape index (κ1) is 19.9. The number of ether oxygens (including phenoxy) is 2. The molecule has 2 aromatic carbocycles. The van der Waals surface area contributed by atoms with E-state index in [0.29, 0.717) is 10.6 Å². The SMILES string of the molecule is CCOC(=O)C(CCC(=O)OC)P(=O)(c1ccccc1)c1ccccc1. The first-order valence-electron chi connectivity index (χ1n) is 8.48. The van der Waals surface area contributed by atoms with Gasteiger partial charge in [0.2, 0.25) is 0 Å². The molecular formula is C20H23O5P. The maximum atomic E-state index is 14.3. The molecule has 0 radical (unpaired) electrons. The van der Waals surface area contributed by atoms with Crippen LogP contribution in [0.25, 0.3) is 0 Å². The summed E-state index contributed by atoms with van der Waals surface area (Å²) >= 11 is 0.